The standard InChI is InChI=1S/C29H7IN6O4/c1-35-26(37)14-2-10(6-31)18-20-12(8-33)4-16-23-17(29(40)36(30)28(16)39)5-13(9-34)21(25(20)23)19-11(7-32)3-15(27(35)38)22(14)24(18)19/h2-5H,1H3. The van der Waals surface area contributed by atoms with Crippen molar-refractivity contribution >= 4 is 89.6 Å². The quantitative estimate of drug-likeness (QED) is 0.0797. The topological polar surface area (TPSA) is 170 Å². The summed E-state index contributed by atoms with van der Waals surface area (Å²) in [6.07, 6.45) is 0. The summed E-state index contributed by atoms with van der Waals surface area (Å²) < 4.78 is 0.872. The maximum atomic E-state index is 13.2. The molecular formula is C29H7IN6O4. The molecule has 5 aromatic carbocycles. The lowest BCUT2D eigenvalue weighted by molar-refractivity contribution is 0.0648. The van der Waals surface area contributed by atoms with Crippen molar-refractivity contribution in [2.45, 2.75) is 0 Å². The first-order valence-electron chi connectivity index (χ1n) is 11.5. The fraction of sp³-hybridized carbons (Fsp3) is 0.0345. The number of hydrogen-bond donors (Lipinski definition) is 0. The highest BCUT2D eigenvalue weighted by molar-refractivity contribution is 14.1. The lowest BCUT2D eigenvalue weighted by Crippen LogP contribution is -2.37. The Morgan fingerprint density at radius 1 is 0.500 bits per heavy atom. The van der Waals surface area contributed by atoms with Gasteiger partial charge in [0.15, 0.2) is 0 Å². The van der Waals surface area contributed by atoms with E-state index in [0.717, 1.165) is 8.01 Å². The van der Waals surface area contributed by atoms with Crippen molar-refractivity contribution < 1.29 is 19.2 Å². The van der Waals surface area contributed by atoms with Crippen LogP contribution < -0.4 is 0 Å². The van der Waals surface area contributed by atoms with E-state index in [9.17, 15) is 40.2 Å². The predicted molar refractivity (Wildman–Crippen MR) is 147 cm³/mol. The molecule has 0 atom stereocenters. The van der Waals surface area contributed by atoms with Crippen LogP contribution in [-0.2, 0) is 0 Å². The van der Waals surface area contributed by atoms with Crippen molar-refractivity contribution in [1.82, 2.24) is 8.01 Å². The van der Waals surface area contributed by atoms with Crippen molar-refractivity contribution in [2.24, 2.45) is 0 Å². The van der Waals surface area contributed by atoms with Gasteiger partial charge in [-0.05, 0) is 24.3 Å². The summed E-state index contributed by atoms with van der Waals surface area (Å²) in [6.45, 7) is 0. The molecule has 4 amide bonds. The highest BCUT2D eigenvalue weighted by Gasteiger charge is 2.38. The number of amides is 4. The number of nitrogens with zero attached hydrogens (tertiary/aromatic N) is 6. The minimum absolute atomic E-state index is 0.00812. The summed E-state index contributed by atoms with van der Waals surface area (Å²) >= 11 is 1.57. The average Bonchev–Trinajstić information content (AvgIpc) is 2.98. The fourth-order valence-electron chi connectivity index (χ4n) is 6.10. The van der Waals surface area contributed by atoms with E-state index < -0.39 is 23.6 Å². The molecule has 184 valence electrons. The van der Waals surface area contributed by atoms with Crippen LogP contribution in [0.25, 0.3) is 43.1 Å². The summed E-state index contributed by atoms with van der Waals surface area (Å²) in [5.41, 5.74) is 0.210. The first-order valence-corrected chi connectivity index (χ1v) is 12.5. The van der Waals surface area contributed by atoms with E-state index in [1.54, 1.807) is 22.9 Å². The van der Waals surface area contributed by atoms with Gasteiger partial charge in [0.2, 0.25) is 0 Å². The van der Waals surface area contributed by atoms with Crippen molar-refractivity contribution in [2.75, 3.05) is 7.05 Å². The van der Waals surface area contributed by atoms with E-state index >= 15 is 0 Å². The molecule has 2 aliphatic heterocycles. The van der Waals surface area contributed by atoms with Crippen LogP contribution in [0.4, 0.5) is 0 Å². The molecule has 0 saturated carbocycles. The first-order chi connectivity index (χ1) is 19.2. The minimum Gasteiger partial charge on any atom is -0.277 e. The number of hydrogen-bond acceptors (Lipinski definition) is 8. The summed E-state index contributed by atoms with van der Waals surface area (Å²) in [5.74, 6) is -2.61. The molecule has 7 rings (SSSR count). The molecule has 0 N–H and O–H groups in total. The maximum absolute atomic E-state index is 13.2. The SMILES string of the molecule is CN1C(=O)c2cc(C#N)c3c4c(C#N)cc5c6c(cc(C#N)c(c7c(C#N)cc(c2c37)C1=O)c64)C(=O)N(I)C5=O. The summed E-state index contributed by atoms with van der Waals surface area (Å²) in [4.78, 5) is 53.8. The van der Waals surface area contributed by atoms with Gasteiger partial charge in [-0.15, -0.1) is 0 Å². The van der Waals surface area contributed by atoms with Crippen LogP contribution in [0.1, 0.15) is 63.7 Å². The predicted octanol–water partition coefficient (Wildman–Crippen LogP) is 4.40. The lowest BCUT2D eigenvalue weighted by Gasteiger charge is -2.29. The highest BCUT2D eigenvalue weighted by atomic mass is 127. The Hall–Kier alpha value is -5.63. The molecule has 0 saturated heterocycles. The smallest absolute Gasteiger partial charge is 0.270 e. The zero-order valence-corrected chi connectivity index (χ0v) is 22.2. The molecule has 0 fully saturated rings. The second-order valence-corrected chi connectivity index (χ2v) is 10.4. The molecule has 0 aromatic heterocycles. The summed E-state index contributed by atoms with van der Waals surface area (Å²) in [6, 6.07) is 13.7. The molecule has 0 radical (unpaired) electrons. The maximum Gasteiger partial charge on any atom is 0.270 e. The van der Waals surface area contributed by atoms with E-state index in [1.807, 2.05) is 0 Å². The molecule has 2 heterocycles. The minimum atomic E-state index is -0.659. The molecule has 0 unspecified atom stereocenters. The van der Waals surface area contributed by atoms with Gasteiger partial charge in [-0.25, -0.2) is 3.11 Å². The van der Waals surface area contributed by atoms with Gasteiger partial charge in [0.25, 0.3) is 23.6 Å². The van der Waals surface area contributed by atoms with Crippen LogP contribution in [0.2, 0.25) is 0 Å². The zero-order chi connectivity index (χ0) is 28.4. The van der Waals surface area contributed by atoms with Crippen LogP contribution in [0, 0.1) is 45.3 Å². The third-order valence-corrected chi connectivity index (χ3v) is 8.56. The van der Waals surface area contributed by atoms with Gasteiger partial charge in [0.1, 0.15) is 0 Å². The lowest BCUT2D eigenvalue weighted by atomic mass is 9.77. The molecule has 10 nitrogen and oxygen atoms in total. The van der Waals surface area contributed by atoms with Gasteiger partial charge < -0.3 is 0 Å². The molecule has 0 aliphatic carbocycles. The van der Waals surface area contributed by atoms with Gasteiger partial charge in [0, 0.05) is 61.3 Å². The molecular weight excluding hydrogens is 623 g/mol. The largest absolute Gasteiger partial charge is 0.277 e. The van der Waals surface area contributed by atoms with E-state index in [2.05, 4.69) is 24.3 Å². The third-order valence-electron chi connectivity index (χ3n) is 7.68. The second-order valence-electron chi connectivity index (χ2n) is 9.39. The van der Waals surface area contributed by atoms with E-state index in [1.165, 1.54) is 31.3 Å². The number of rotatable bonds is 0. The molecule has 2 aliphatic rings. The zero-order valence-electron chi connectivity index (χ0n) is 20.0. The Bertz CT molecular complexity index is 2060. The van der Waals surface area contributed by atoms with E-state index in [-0.39, 0.29) is 87.6 Å². The highest BCUT2D eigenvalue weighted by Crippen LogP contribution is 2.50. The van der Waals surface area contributed by atoms with Crippen LogP contribution in [0.3, 0.4) is 0 Å². The monoisotopic (exact) mass is 630 g/mol. The van der Waals surface area contributed by atoms with Crippen LogP contribution in [0.5, 0.6) is 0 Å². The van der Waals surface area contributed by atoms with Crippen LogP contribution in [0.15, 0.2) is 24.3 Å². The summed E-state index contributed by atoms with van der Waals surface area (Å²) in [7, 11) is 1.30. The number of fused-ring (bicyclic) bond motifs is 2. The Morgan fingerprint density at radius 2 is 0.775 bits per heavy atom. The first kappa shape index (κ1) is 23.5. The molecule has 5 aromatic rings. The van der Waals surface area contributed by atoms with Crippen molar-refractivity contribution in [3.8, 4) is 24.3 Å². The Morgan fingerprint density at radius 3 is 1.05 bits per heavy atom. The van der Waals surface area contributed by atoms with Crippen molar-refractivity contribution in [1.29, 1.82) is 21.0 Å². The van der Waals surface area contributed by atoms with E-state index in [0.29, 0.717) is 0 Å². The van der Waals surface area contributed by atoms with Crippen LogP contribution in [-0.4, -0.2) is 38.7 Å². The number of carbonyl (C=O) groups excluding carboxylic acids is 4. The molecule has 11 heteroatoms. The Labute approximate surface area is 237 Å². The van der Waals surface area contributed by atoms with Gasteiger partial charge in [0.05, 0.1) is 80.5 Å². The van der Waals surface area contributed by atoms with Crippen molar-refractivity contribution in [3.05, 3.63) is 68.8 Å². The van der Waals surface area contributed by atoms with Gasteiger partial charge in [-0.1, -0.05) is 0 Å². The van der Waals surface area contributed by atoms with Gasteiger partial charge >= 0.3 is 0 Å². The normalized spacial score (nSPS) is 14.2. The summed E-state index contributed by atoms with van der Waals surface area (Å²) in [5, 5.41) is 42.6. The fourth-order valence-corrected chi connectivity index (χ4v) is 6.62. The van der Waals surface area contributed by atoms with E-state index in [4.69, 9.17) is 0 Å². The Balaban J connectivity index is 1.97. The number of halogens is 1. The van der Waals surface area contributed by atoms with Gasteiger partial charge in [-0.3, -0.25) is 24.1 Å². The molecule has 0 spiro atoms. The van der Waals surface area contributed by atoms with Gasteiger partial charge in [-0.2, -0.15) is 21.0 Å². The van der Waals surface area contributed by atoms with Crippen LogP contribution >= 0.6 is 22.9 Å². The molecule has 0 bridgehead atoms. The number of benzene rings is 5. The number of imide groups is 2. The van der Waals surface area contributed by atoms with Crippen molar-refractivity contribution in [3.63, 3.8) is 0 Å². The third kappa shape index (κ3) is 2.44. The second kappa shape index (κ2) is 7.48. The number of nitriles is 4. The average molecular weight is 630 g/mol. The molecule has 40 heavy (non-hydrogen) atoms. The Kier molecular flexibility index (Phi) is 4.39. The number of carbonyl (C=O) groups is 4.